The van der Waals surface area contributed by atoms with Crippen molar-refractivity contribution in [2.45, 2.75) is 6.92 Å². The van der Waals surface area contributed by atoms with E-state index < -0.39 is 5.82 Å². The number of fused-ring (bicyclic) bond motifs is 1. The molecule has 2 heterocycles. The number of hydrogen-bond acceptors (Lipinski definition) is 4. The zero-order chi connectivity index (χ0) is 18.7. The smallest absolute Gasteiger partial charge is 0.255 e. The molecule has 0 aliphatic rings. The minimum atomic E-state index is -0.405. The first-order valence-electron chi connectivity index (χ1n) is 8.07. The number of aliphatic hydroxyl groups excluding tert-OH is 1. The van der Waals surface area contributed by atoms with E-state index >= 15 is 0 Å². The number of benzene rings is 1. The first kappa shape index (κ1) is 17.5. The standard InChI is InChI=1S/C19H19FN4O2/c1-12-6-7-15(14(20)11-12)23-18-16(19(26)22-9-4-10-25)13-5-3-8-21-17(13)24(18)2/h3-8,10-11,23,25H,9H2,1-2H3,(H,22,26)/b10-4+. The van der Waals surface area contributed by atoms with E-state index in [1.807, 2.05) is 0 Å². The minimum Gasteiger partial charge on any atom is -0.516 e. The van der Waals surface area contributed by atoms with Gasteiger partial charge in [-0.05, 0) is 42.8 Å². The third-order valence-corrected chi connectivity index (χ3v) is 4.04. The van der Waals surface area contributed by atoms with Crippen LogP contribution in [0.25, 0.3) is 11.0 Å². The van der Waals surface area contributed by atoms with Crippen LogP contribution in [0.2, 0.25) is 0 Å². The highest BCUT2D eigenvalue weighted by molar-refractivity contribution is 6.11. The summed E-state index contributed by atoms with van der Waals surface area (Å²) in [5.41, 5.74) is 2.04. The van der Waals surface area contributed by atoms with Gasteiger partial charge in [0.15, 0.2) is 0 Å². The number of carbonyl (C=O) groups is 1. The van der Waals surface area contributed by atoms with Crippen LogP contribution in [0, 0.1) is 12.7 Å². The lowest BCUT2D eigenvalue weighted by atomic mass is 10.1. The second-order valence-corrected chi connectivity index (χ2v) is 5.86. The molecule has 0 saturated carbocycles. The maximum Gasteiger partial charge on any atom is 0.255 e. The van der Waals surface area contributed by atoms with Crippen LogP contribution >= 0.6 is 0 Å². The number of anilines is 2. The van der Waals surface area contributed by atoms with Crippen molar-refractivity contribution in [2.75, 3.05) is 11.9 Å². The number of aryl methyl sites for hydroxylation is 2. The van der Waals surface area contributed by atoms with Gasteiger partial charge in [0.1, 0.15) is 17.3 Å². The molecule has 0 aliphatic heterocycles. The molecule has 3 aromatic rings. The third kappa shape index (κ3) is 3.23. The summed E-state index contributed by atoms with van der Waals surface area (Å²) in [6, 6.07) is 8.37. The van der Waals surface area contributed by atoms with Crippen LogP contribution in [0.1, 0.15) is 15.9 Å². The van der Waals surface area contributed by atoms with Crippen molar-refractivity contribution in [3.8, 4) is 0 Å². The van der Waals surface area contributed by atoms with Gasteiger partial charge in [0.05, 0.1) is 17.5 Å². The molecule has 0 unspecified atom stereocenters. The van der Waals surface area contributed by atoms with E-state index in [4.69, 9.17) is 5.11 Å². The molecule has 134 valence electrons. The summed E-state index contributed by atoms with van der Waals surface area (Å²) in [7, 11) is 1.76. The van der Waals surface area contributed by atoms with Gasteiger partial charge in [-0.3, -0.25) is 4.79 Å². The van der Waals surface area contributed by atoms with Gasteiger partial charge >= 0.3 is 0 Å². The van der Waals surface area contributed by atoms with Crippen LogP contribution in [-0.2, 0) is 7.05 Å². The molecule has 1 aromatic carbocycles. The zero-order valence-electron chi connectivity index (χ0n) is 14.5. The van der Waals surface area contributed by atoms with Gasteiger partial charge in [0.25, 0.3) is 5.91 Å². The Bertz CT molecular complexity index is 995. The lowest BCUT2D eigenvalue weighted by molar-refractivity contribution is 0.0960. The van der Waals surface area contributed by atoms with Gasteiger partial charge in [-0.1, -0.05) is 6.07 Å². The van der Waals surface area contributed by atoms with Gasteiger partial charge in [-0.2, -0.15) is 0 Å². The van der Waals surface area contributed by atoms with Gasteiger partial charge in [0, 0.05) is 25.2 Å². The fourth-order valence-electron chi connectivity index (χ4n) is 2.78. The summed E-state index contributed by atoms with van der Waals surface area (Å²) in [4.78, 5) is 17.0. The van der Waals surface area contributed by atoms with Crippen molar-refractivity contribution in [3.05, 3.63) is 65.8 Å². The summed E-state index contributed by atoms with van der Waals surface area (Å²) in [6.07, 6.45) is 3.91. The number of nitrogens with zero attached hydrogens (tertiary/aromatic N) is 2. The van der Waals surface area contributed by atoms with Gasteiger partial charge in [0.2, 0.25) is 0 Å². The van der Waals surface area contributed by atoms with Crippen molar-refractivity contribution in [2.24, 2.45) is 7.05 Å². The maximum atomic E-state index is 14.3. The van der Waals surface area contributed by atoms with Crippen LogP contribution in [0.3, 0.4) is 0 Å². The predicted octanol–water partition coefficient (Wildman–Crippen LogP) is 3.57. The molecule has 0 fully saturated rings. The van der Waals surface area contributed by atoms with E-state index in [0.29, 0.717) is 22.4 Å². The number of halogens is 1. The largest absolute Gasteiger partial charge is 0.516 e. The molecule has 0 spiro atoms. The molecule has 0 saturated heterocycles. The van der Waals surface area contributed by atoms with Gasteiger partial charge in [-0.25, -0.2) is 9.37 Å². The normalized spacial score (nSPS) is 11.2. The van der Waals surface area contributed by atoms with E-state index in [1.165, 1.54) is 12.1 Å². The monoisotopic (exact) mass is 354 g/mol. The molecule has 2 aromatic heterocycles. The number of aromatic nitrogens is 2. The average molecular weight is 354 g/mol. The SMILES string of the molecule is Cc1ccc(Nc2c(C(=O)NC/C=C/O)c3cccnc3n2C)c(F)c1. The fourth-order valence-corrected chi connectivity index (χ4v) is 2.78. The van der Waals surface area contributed by atoms with Crippen molar-refractivity contribution in [1.29, 1.82) is 0 Å². The van der Waals surface area contributed by atoms with Crippen LogP contribution in [-0.4, -0.2) is 27.1 Å². The molecule has 3 N–H and O–H groups in total. The lowest BCUT2D eigenvalue weighted by Crippen LogP contribution is -2.24. The number of nitrogens with one attached hydrogen (secondary N) is 2. The molecular formula is C19H19FN4O2. The second-order valence-electron chi connectivity index (χ2n) is 5.86. The molecule has 6 nitrogen and oxygen atoms in total. The number of aliphatic hydroxyl groups is 1. The molecule has 7 heteroatoms. The Hall–Kier alpha value is -3.35. The molecule has 3 rings (SSSR count). The highest BCUT2D eigenvalue weighted by atomic mass is 19.1. The van der Waals surface area contributed by atoms with Gasteiger partial charge < -0.3 is 20.3 Å². The predicted molar refractivity (Wildman–Crippen MR) is 99.2 cm³/mol. The molecule has 0 aliphatic carbocycles. The molecule has 0 atom stereocenters. The van der Waals surface area contributed by atoms with E-state index in [2.05, 4.69) is 15.6 Å². The van der Waals surface area contributed by atoms with Crippen LogP contribution in [0.15, 0.2) is 48.9 Å². The van der Waals surface area contributed by atoms with Gasteiger partial charge in [-0.15, -0.1) is 0 Å². The Morgan fingerprint density at radius 2 is 2.19 bits per heavy atom. The zero-order valence-corrected chi connectivity index (χ0v) is 14.5. The summed E-state index contributed by atoms with van der Waals surface area (Å²) >= 11 is 0. The summed E-state index contributed by atoms with van der Waals surface area (Å²) < 4.78 is 16.0. The number of hydrogen-bond donors (Lipinski definition) is 3. The molecule has 0 radical (unpaired) electrons. The third-order valence-electron chi connectivity index (χ3n) is 4.04. The van der Waals surface area contributed by atoms with Crippen LogP contribution < -0.4 is 10.6 Å². The quantitative estimate of drug-likeness (QED) is 0.612. The molecule has 1 amide bonds. The second kappa shape index (κ2) is 7.26. The number of pyridine rings is 1. The summed E-state index contributed by atoms with van der Waals surface area (Å²) in [5.74, 6) is -0.318. The highest BCUT2D eigenvalue weighted by Crippen LogP contribution is 2.31. The number of carbonyl (C=O) groups excluding carboxylic acids is 1. The topological polar surface area (TPSA) is 79.2 Å². The summed E-state index contributed by atoms with van der Waals surface area (Å²) in [6.45, 7) is 1.98. The number of amides is 1. The Morgan fingerprint density at radius 3 is 2.92 bits per heavy atom. The molecule has 26 heavy (non-hydrogen) atoms. The van der Waals surface area contributed by atoms with E-state index in [9.17, 15) is 9.18 Å². The molecule has 0 bridgehead atoms. The van der Waals surface area contributed by atoms with Crippen molar-refractivity contribution in [1.82, 2.24) is 14.9 Å². The Kier molecular flexibility index (Phi) is 4.88. The van der Waals surface area contributed by atoms with Crippen LogP contribution in [0.5, 0.6) is 0 Å². The van der Waals surface area contributed by atoms with Crippen LogP contribution in [0.4, 0.5) is 15.9 Å². The number of rotatable bonds is 5. The first-order chi connectivity index (χ1) is 12.5. The van der Waals surface area contributed by atoms with Crippen molar-refractivity contribution < 1.29 is 14.3 Å². The lowest BCUT2D eigenvalue weighted by Gasteiger charge is -2.12. The van der Waals surface area contributed by atoms with Crippen molar-refractivity contribution >= 4 is 28.4 Å². The first-order valence-corrected chi connectivity index (χ1v) is 8.07. The Balaban J connectivity index is 2.09. The maximum absolute atomic E-state index is 14.3. The van der Waals surface area contributed by atoms with E-state index in [-0.39, 0.29) is 18.1 Å². The average Bonchev–Trinajstić information content (AvgIpc) is 2.90. The minimum absolute atomic E-state index is 0.171. The highest BCUT2D eigenvalue weighted by Gasteiger charge is 2.22. The fraction of sp³-hybridized carbons (Fsp3) is 0.158. The van der Waals surface area contributed by atoms with Crippen molar-refractivity contribution in [3.63, 3.8) is 0 Å². The van der Waals surface area contributed by atoms with E-state index in [0.717, 1.165) is 11.8 Å². The van der Waals surface area contributed by atoms with E-state index in [1.54, 1.807) is 49.0 Å². The Labute approximate surface area is 150 Å². The molecular weight excluding hydrogens is 335 g/mol. The Morgan fingerprint density at radius 1 is 1.38 bits per heavy atom. The summed E-state index contributed by atoms with van der Waals surface area (Å²) in [5, 5.41) is 15.1.